The molecule has 3 aromatic carbocycles. The molecule has 2 N–H and O–H groups in total. The summed E-state index contributed by atoms with van der Waals surface area (Å²) < 4.78 is 0. The number of benzene rings is 3. The largest absolute Gasteiger partial charge is 0.478 e. The van der Waals surface area contributed by atoms with Crippen LogP contribution in [0.3, 0.4) is 0 Å². The molecule has 0 heterocycles. The van der Waals surface area contributed by atoms with Gasteiger partial charge in [0.15, 0.2) is 0 Å². The molecule has 0 spiro atoms. The minimum absolute atomic E-state index is 0.0573. The summed E-state index contributed by atoms with van der Waals surface area (Å²) in [6, 6.07) is 21.0. The molecule has 0 saturated heterocycles. The molecule has 0 fully saturated rings. The minimum Gasteiger partial charge on any atom is -0.478 e. The molecule has 1 aliphatic rings. The first-order chi connectivity index (χ1) is 16.2. The quantitative estimate of drug-likeness (QED) is 0.504. The van der Waals surface area contributed by atoms with Crippen LogP contribution < -0.4 is 4.90 Å². The molecule has 1 unspecified atom stereocenters. The lowest BCUT2D eigenvalue weighted by Crippen LogP contribution is -2.22. The normalized spacial score (nSPS) is 14.8. The van der Waals surface area contributed by atoms with Crippen LogP contribution in [0.4, 0.5) is 5.69 Å². The van der Waals surface area contributed by atoms with E-state index in [-0.39, 0.29) is 11.0 Å². The number of hydrogen-bond acceptors (Lipinski definition) is 3. The summed E-state index contributed by atoms with van der Waals surface area (Å²) in [7, 11) is 4.07. The number of carboxylic acid groups (broad SMARTS) is 1. The number of allylic oxidation sites excluding steroid dienone is 1. The Bertz CT molecular complexity index is 1300. The molecule has 0 radical (unpaired) electrons. The Morgan fingerprint density at radius 1 is 1.00 bits per heavy atom. The number of carboxylic acids is 1. The van der Waals surface area contributed by atoms with Crippen molar-refractivity contribution in [3.05, 3.63) is 106 Å². The Hall–Kier alpha value is -3.81. The number of fused-ring (bicyclic) bond motifs is 1. The average molecular weight is 452 g/mol. The fraction of sp³-hybridized carbons (Fsp3) is 0.233. The molecule has 0 bridgehead atoms. The molecule has 3 aromatic rings. The molecule has 34 heavy (non-hydrogen) atoms. The highest BCUT2D eigenvalue weighted by atomic mass is 16.4. The number of aromatic carboxylic acids is 1. The topological polar surface area (TPSA) is 60.8 Å². The third-order valence-electron chi connectivity index (χ3n) is 6.37. The second-order valence-electron chi connectivity index (χ2n) is 9.51. The Morgan fingerprint density at radius 3 is 2.29 bits per heavy atom. The molecule has 4 rings (SSSR count). The van der Waals surface area contributed by atoms with Gasteiger partial charge in [-0.15, -0.1) is 0 Å². The third-order valence-corrected chi connectivity index (χ3v) is 6.37. The van der Waals surface area contributed by atoms with Crippen molar-refractivity contribution in [2.45, 2.75) is 31.8 Å². The molecular weight excluding hydrogens is 422 g/mol. The molecular formula is C30H29NO3. The van der Waals surface area contributed by atoms with Crippen molar-refractivity contribution in [3.8, 4) is 11.8 Å². The van der Waals surface area contributed by atoms with Crippen LogP contribution >= 0.6 is 0 Å². The van der Waals surface area contributed by atoms with E-state index in [0.29, 0.717) is 5.56 Å². The van der Waals surface area contributed by atoms with Crippen molar-refractivity contribution in [2.75, 3.05) is 19.0 Å². The van der Waals surface area contributed by atoms with Gasteiger partial charge in [0, 0.05) is 25.3 Å². The molecule has 0 aliphatic heterocycles. The SMILES string of the molecule is CN(C)c1ccc(C2=CCC(C)(C)c3cc(C(O)C#Cc4ccc(C(=O)O)cc4)ccc32)cc1. The maximum absolute atomic E-state index is 11.0. The second kappa shape index (κ2) is 9.21. The van der Waals surface area contributed by atoms with Crippen LogP contribution in [0.2, 0.25) is 0 Å². The van der Waals surface area contributed by atoms with E-state index in [4.69, 9.17) is 5.11 Å². The summed E-state index contributed by atoms with van der Waals surface area (Å²) in [5.74, 6) is 4.87. The van der Waals surface area contributed by atoms with Crippen molar-refractivity contribution in [3.63, 3.8) is 0 Å². The van der Waals surface area contributed by atoms with Crippen molar-refractivity contribution < 1.29 is 15.0 Å². The zero-order valence-electron chi connectivity index (χ0n) is 20.0. The Kier molecular flexibility index (Phi) is 6.32. The van der Waals surface area contributed by atoms with Gasteiger partial charge in [0.1, 0.15) is 6.10 Å². The van der Waals surface area contributed by atoms with Crippen LogP contribution in [0.25, 0.3) is 5.57 Å². The van der Waals surface area contributed by atoms with Crippen molar-refractivity contribution in [2.24, 2.45) is 0 Å². The Labute approximate surface area is 201 Å². The zero-order valence-corrected chi connectivity index (χ0v) is 20.0. The number of carbonyl (C=O) groups is 1. The third kappa shape index (κ3) is 4.76. The maximum Gasteiger partial charge on any atom is 0.335 e. The number of aliphatic hydroxyl groups is 1. The highest BCUT2D eigenvalue weighted by Crippen LogP contribution is 2.42. The fourth-order valence-electron chi connectivity index (χ4n) is 4.25. The smallest absolute Gasteiger partial charge is 0.335 e. The van der Waals surface area contributed by atoms with Gasteiger partial charge in [0.05, 0.1) is 5.56 Å². The van der Waals surface area contributed by atoms with Crippen molar-refractivity contribution in [1.82, 2.24) is 0 Å². The Balaban J connectivity index is 1.63. The maximum atomic E-state index is 11.0. The predicted octanol–water partition coefficient (Wildman–Crippen LogP) is 5.65. The number of aliphatic hydroxyl groups excluding tert-OH is 1. The van der Waals surface area contributed by atoms with Gasteiger partial charge in [-0.1, -0.05) is 62.1 Å². The zero-order chi connectivity index (χ0) is 24.5. The van der Waals surface area contributed by atoms with E-state index in [2.05, 4.69) is 73.1 Å². The molecule has 0 amide bonds. The van der Waals surface area contributed by atoms with E-state index in [1.54, 1.807) is 12.1 Å². The van der Waals surface area contributed by atoms with Crippen LogP contribution in [0, 0.1) is 11.8 Å². The molecule has 0 aromatic heterocycles. The van der Waals surface area contributed by atoms with Crippen LogP contribution in [0.15, 0.2) is 72.8 Å². The van der Waals surface area contributed by atoms with E-state index in [0.717, 1.165) is 17.7 Å². The minimum atomic E-state index is -0.974. The van der Waals surface area contributed by atoms with Gasteiger partial charge < -0.3 is 15.1 Å². The van der Waals surface area contributed by atoms with E-state index in [9.17, 15) is 9.90 Å². The molecule has 4 heteroatoms. The van der Waals surface area contributed by atoms with E-state index in [1.807, 2.05) is 20.2 Å². The predicted molar refractivity (Wildman–Crippen MR) is 137 cm³/mol. The van der Waals surface area contributed by atoms with Gasteiger partial charge in [0.2, 0.25) is 0 Å². The van der Waals surface area contributed by atoms with Gasteiger partial charge in [0.25, 0.3) is 0 Å². The first-order valence-electron chi connectivity index (χ1n) is 11.3. The highest BCUT2D eigenvalue weighted by molar-refractivity contribution is 5.87. The molecule has 1 aliphatic carbocycles. The lowest BCUT2D eigenvalue weighted by Gasteiger charge is -2.33. The second-order valence-corrected chi connectivity index (χ2v) is 9.51. The van der Waals surface area contributed by atoms with Crippen LogP contribution in [0.5, 0.6) is 0 Å². The lowest BCUT2D eigenvalue weighted by molar-refractivity contribution is 0.0697. The number of hydrogen-bond donors (Lipinski definition) is 2. The van der Waals surface area contributed by atoms with Gasteiger partial charge in [-0.25, -0.2) is 4.79 Å². The van der Waals surface area contributed by atoms with Gasteiger partial charge in [-0.3, -0.25) is 0 Å². The Morgan fingerprint density at radius 2 is 1.68 bits per heavy atom. The van der Waals surface area contributed by atoms with Crippen LogP contribution in [0.1, 0.15) is 64.5 Å². The van der Waals surface area contributed by atoms with Crippen molar-refractivity contribution in [1.29, 1.82) is 0 Å². The van der Waals surface area contributed by atoms with E-state index < -0.39 is 12.1 Å². The highest BCUT2D eigenvalue weighted by Gasteiger charge is 2.29. The summed E-state index contributed by atoms with van der Waals surface area (Å²) in [6.45, 7) is 4.44. The van der Waals surface area contributed by atoms with Gasteiger partial charge in [-0.2, -0.15) is 0 Å². The van der Waals surface area contributed by atoms with Gasteiger partial charge in [-0.05, 0) is 76.1 Å². The summed E-state index contributed by atoms with van der Waals surface area (Å²) in [6.07, 6.45) is 2.28. The first-order valence-corrected chi connectivity index (χ1v) is 11.3. The first kappa shape index (κ1) is 23.4. The summed E-state index contributed by atoms with van der Waals surface area (Å²) in [5.41, 5.74) is 7.51. The lowest BCUT2D eigenvalue weighted by atomic mass is 9.71. The molecule has 1 atom stereocenters. The van der Waals surface area contributed by atoms with E-state index >= 15 is 0 Å². The number of rotatable bonds is 4. The van der Waals surface area contributed by atoms with Crippen LogP contribution in [-0.2, 0) is 5.41 Å². The number of anilines is 1. The fourth-order valence-corrected chi connectivity index (χ4v) is 4.25. The van der Waals surface area contributed by atoms with Crippen molar-refractivity contribution >= 4 is 17.2 Å². The van der Waals surface area contributed by atoms with E-state index in [1.165, 1.54) is 34.4 Å². The van der Waals surface area contributed by atoms with Crippen LogP contribution in [-0.4, -0.2) is 30.3 Å². The molecule has 4 nitrogen and oxygen atoms in total. The molecule has 172 valence electrons. The number of nitrogens with zero attached hydrogens (tertiary/aromatic N) is 1. The van der Waals surface area contributed by atoms with Gasteiger partial charge >= 0.3 is 5.97 Å². The average Bonchev–Trinajstić information content (AvgIpc) is 2.83. The standard InChI is InChI=1S/C30H29NO3/c1-30(2)18-17-25(21-10-13-24(14-11-21)31(3)4)26-15-12-23(19-27(26)30)28(32)16-7-20-5-8-22(9-6-20)29(33)34/h5-6,8-15,17,19,28,32H,18H2,1-4H3,(H,33,34). The summed E-state index contributed by atoms with van der Waals surface area (Å²) in [5, 5.41) is 19.8. The monoisotopic (exact) mass is 451 g/mol. The molecule has 0 saturated carbocycles. The summed E-state index contributed by atoms with van der Waals surface area (Å²) >= 11 is 0. The summed E-state index contributed by atoms with van der Waals surface area (Å²) in [4.78, 5) is 13.1.